The summed E-state index contributed by atoms with van der Waals surface area (Å²) in [5.74, 6) is 3.18. The van der Waals surface area contributed by atoms with Crippen LogP contribution in [0.2, 0.25) is 0 Å². The molecule has 0 aliphatic carbocycles. The standard InChI is InChI=1S/C25H34N6/c1-18(2)15-21-11-13-23(14-12-21)19(3)28-25(26-16-22-9-7-6-8-10-22)27-17-24-30-29-20(4)31(24)5/h6-14,18-19H,15-17H2,1-5H3,(H2,26,27,28). The summed E-state index contributed by atoms with van der Waals surface area (Å²) in [6.45, 7) is 9.76. The fourth-order valence-electron chi connectivity index (χ4n) is 3.38. The summed E-state index contributed by atoms with van der Waals surface area (Å²) in [6.07, 6.45) is 1.10. The Kier molecular flexibility index (Phi) is 7.82. The number of aliphatic imine (C=N–C) groups is 1. The molecule has 164 valence electrons. The molecule has 0 saturated carbocycles. The van der Waals surface area contributed by atoms with Crippen LogP contribution in [0.5, 0.6) is 0 Å². The lowest BCUT2D eigenvalue weighted by Crippen LogP contribution is -2.39. The molecule has 0 aliphatic heterocycles. The summed E-state index contributed by atoms with van der Waals surface area (Å²) >= 11 is 0. The predicted octanol–water partition coefficient (Wildman–Crippen LogP) is 4.32. The number of rotatable bonds is 8. The minimum Gasteiger partial charge on any atom is -0.350 e. The van der Waals surface area contributed by atoms with Crippen molar-refractivity contribution in [2.45, 2.75) is 53.2 Å². The summed E-state index contributed by atoms with van der Waals surface area (Å²) in [4.78, 5) is 4.80. The first-order chi connectivity index (χ1) is 14.9. The molecule has 0 spiro atoms. The maximum atomic E-state index is 4.80. The number of benzene rings is 2. The zero-order valence-electron chi connectivity index (χ0n) is 19.3. The number of nitrogens with one attached hydrogen (secondary N) is 2. The summed E-state index contributed by atoms with van der Waals surface area (Å²) < 4.78 is 1.98. The third-order valence-electron chi connectivity index (χ3n) is 5.34. The van der Waals surface area contributed by atoms with Crippen molar-refractivity contribution in [3.05, 3.63) is 82.9 Å². The maximum Gasteiger partial charge on any atom is 0.192 e. The molecule has 3 rings (SSSR count). The van der Waals surface area contributed by atoms with Crippen molar-refractivity contribution >= 4 is 5.96 Å². The van der Waals surface area contributed by atoms with Crippen molar-refractivity contribution in [2.75, 3.05) is 0 Å². The van der Waals surface area contributed by atoms with Gasteiger partial charge in [-0.2, -0.15) is 0 Å². The summed E-state index contributed by atoms with van der Waals surface area (Å²) in [6, 6.07) is 19.3. The average Bonchev–Trinajstić information content (AvgIpc) is 3.08. The molecule has 0 bridgehead atoms. The highest BCUT2D eigenvalue weighted by Crippen LogP contribution is 2.15. The molecule has 2 aromatic carbocycles. The lowest BCUT2D eigenvalue weighted by Gasteiger charge is -2.19. The van der Waals surface area contributed by atoms with E-state index in [0.717, 1.165) is 24.0 Å². The van der Waals surface area contributed by atoms with Gasteiger partial charge in [0.15, 0.2) is 11.8 Å². The largest absolute Gasteiger partial charge is 0.350 e. The van der Waals surface area contributed by atoms with E-state index in [9.17, 15) is 0 Å². The van der Waals surface area contributed by atoms with E-state index >= 15 is 0 Å². The Labute approximate surface area is 185 Å². The van der Waals surface area contributed by atoms with Crippen molar-refractivity contribution < 1.29 is 0 Å². The predicted molar refractivity (Wildman–Crippen MR) is 127 cm³/mol. The van der Waals surface area contributed by atoms with Crippen LogP contribution in [0, 0.1) is 12.8 Å². The number of hydrogen-bond donors (Lipinski definition) is 2. The molecule has 6 heteroatoms. The van der Waals surface area contributed by atoms with Crippen LogP contribution >= 0.6 is 0 Å². The van der Waals surface area contributed by atoms with Crippen LogP contribution in [-0.2, 0) is 26.6 Å². The highest BCUT2D eigenvalue weighted by Gasteiger charge is 2.11. The van der Waals surface area contributed by atoms with Crippen molar-refractivity contribution in [3.8, 4) is 0 Å². The number of aryl methyl sites for hydroxylation is 1. The Bertz CT molecular complexity index is 973. The molecular weight excluding hydrogens is 384 g/mol. The van der Waals surface area contributed by atoms with Crippen molar-refractivity contribution in [2.24, 2.45) is 18.0 Å². The monoisotopic (exact) mass is 418 g/mol. The molecule has 1 unspecified atom stereocenters. The summed E-state index contributed by atoms with van der Waals surface area (Å²) in [7, 11) is 1.97. The van der Waals surface area contributed by atoms with E-state index in [4.69, 9.17) is 4.99 Å². The lowest BCUT2D eigenvalue weighted by molar-refractivity contribution is 0.644. The van der Waals surface area contributed by atoms with Crippen molar-refractivity contribution in [3.63, 3.8) is 0 Å². The molecule has 0 aliphatic rings. The van der Waals surface area contributed by atoms with E-state index in [1.165, 1.54) is 16.7 Å². The normalized spacial score (nSPS) is 12.8. The van der Waals surface area contributed by atoms with E-state index in [0.29, 0.717) is 19.0 Å². The van der Waals surface area contributed by atoms with Gasteiger partial charge in [-0.05, 0) is 42.9 Å². The smallest absolute Gasteiger partial charge is 0.192 e. The zero-order valence-corrected chi connectivity index (χ0v) is 19.3. The molecular formula is C25H34N6. The van der Waals surface area contributed by atoms with E-state index in [1.54, 1.807) is 0 Å². The van der Waals surface area contributed by atoms with Crippen LogP contribution in [-0.4, -0.2) is 20.7 Å². The Morgan fingerprint density at radius 1 is 0.968 bits per heavy atom. The van der Waals surface area contributed by atoms with Crippen LogP contribution < -0.4 is 10.6 Å². The van der Waals surface area contributed by atoms with Gasteiger partial charge in [-0.1, -0.05) is 68.4 Å². The molecule has 0 radical (unpaired) electrons. The number of hydrogen-bond acceptors (Lipinski definition) is 3. The Morgan fingerprint density at radius 3 is 2.29 bits per heavy atom. The molecule has 6 nitrogen and oxygen atoms in total. The fourth-order valence-corrected chi connectivity index (χ4v) is 3.38. The Morgan fingerprint density at radius 2 is 1.68 bits per heavy atom. The second-order valence-electron chi connectivity index (χ2n) is 8.43. The second kappa shape index (κ2) is 10.8. The van der Waals surface area contributed by atoms with Gasteiger partial charge in [-0.15, -0.1) is 10.2 Å². The van der Waals surface area contributed by atoms with Gasteiger partial charge < -0.3 is 15.2 Å². The molecule has 1 aromatic heterocycles. The quantitative estimate of drug-likeness (QED) is 0.422. The van der Waals surface area contributed by atoms with Gasteiger partial charge in [0, 0.05) is 7.05 Å². The van der Waals surface area contributed by atoms with Crippen molar-refractivity contribution in [1.82, 2.24) is 25.4 Å². The molecule has 0 amide bonds. The van der Waals surface area contributed by atoms with E-state index in [2.05, 4.69) is 78.0 Å². The third-order valence-corrected chi connectivity index (χ3v) is 5.34. The first-order valence-electron chi connectivity index (χ1n) is 10.9. The van der Waals surface area contributed by atoms with Crippen LogP contribution in [0.25, 0.3) is 0 Å². The van der Waals surface area contributed by atoms with Gasteiger partial charge >= 0.3 is 0 Å². The number of aromatic nitrogens is 3. The molecule has 0 fully saturated rings. The zero-order chi connectivity index (χ0) is 22.2. The van der Waals surface area contributed by atoms with Crippen LogP contribution in [0.4, 0.5) is 0 Å². The SMILES string of the molecule is Cc1nnc(CNC(=NCc2ccccc2)NC(C)c2ccc(CC(C)C)cc2)n1C. The second-order valence-corrected chi connectivity index (χ2v) is 8.43. The van der Waals surface area contributed by atoms with Gasteiger partial charge in [0.05, 0.1) is 19.1 Å². The van der Waals surface area contributed by atoms with Gasteiger partial charge in [0.2, 0.25) is 0 Å². The first-order valence-corrected chi connectivity index (χ1v) is 10.9. The third kappa shape index (κ3) is 6.67. The number of guanidine groups is 1. The van der Waals surface area contributed by atoms with Gasteiger partial charge in [0.1, 0.15) is 5.82 Å². The Hall–Kier alpha value is -3.15. The van der Waals surface area contributed by atoms with Crippen LogP contribution in [0.3, 0.4) is 0 Å². The molecule has 3 aromatic rings. The summed E-state index contributed by atoms with van der Waals surface area (Å²) in [5, 5.41) is 15.3. The van der Waals surface area contributed by atoms with Crippen LogP contribution in [0.1, 0.15) is 55.2 Å². The Balaban J connectivity index is 1.70. The topological polar surface area (TPSA) is 67.1 Å². The highest BCUT2D eigenvalue weighted by molar-refractivity contribution is 5.80. The number of nitrogens with zero attached hydrogens (tertiary/aromatic N) is 4. The fraction of sp³-hybridized carbons (Fsp3) is 0.400. The highest BCUT2D eigenvalue weighted by atomic mass is 15.3. The summed E-state index contributed by atoms with van der Waals surface area (Å²) in [5.41, 5.74) is 3.78. The molecule has 2 N–H and O–H groups in total. The van der Waals surface area contributed by atoms with Crippen molar-refractivity contribution in [1.29, 1.82) is 0 Å². The van der Waals surface area contributed by atoms with Crippen LogP contribution in [0.15, 0.2) is 59.6 Å². The molecule has 31 heavy (non-hydrogen) atoms. The average molecular weight is 419 g/mol. The molecule has 1 atom stereocenters. The van der Waals surface area contributed by atoms with E-state index in [-0.39, 0.29) is 6.04 Å². The minimum absolute atomic E-state index is 0.122. The first kappa shape index (κ1) is 22.5. The van der Waals surface area contributed by atoms with Gasteiger partial charge in [0.25, 0.3) is 0 Å². The minimum atomic E-state index is 0.122. The molecule has 1 heterocycles. The van der Waals surface area contributed by atoms with Gasteiger partial charge in [-0.25, -0.2) is 4.99 Å². The molecule has 0 saturated heterocycles. The lowest BCUT2D eigenvalue weighted by atomic mass is 10.00. The van der Waals surface area contributed by atoms with E-state index in [1.807, 2.05) is 36.7 Å². The maximum absolute atomic E-state index is 4.80. The van der Waals surface area contributed by atoms with E-state index < -0.39 is 0 Å². The van der Waals surface area contributed by atoms with Gasteiger partial charge in [-0.3, -0.25) is 0 Å².